The zero-order chi connectivity index (χ0) is 21.0. The zero-order valence-electron chi connectivity index (χ0n) is 15.1. The Bertz CT molecular complexity index is 467. The van der Waals surface area contributed by atoms with E-state index in [2.05, 4.69) is 0 Å². The molecule has 0 aromatic heterocycles. The molecule has 0 aromatic carbocycles. The van der Waals surface area contributed by atoms with Gasteiger partial charge in [0.1, 0.15) is 48.8 Å². The maximum Gasteiger partial charge on any atom is 0.187 e. The SMILES string of the molecule is NCC(CN)O[C@@H]1O[C@H](CO)[C@@H](O[C@H]2O[C@H](CO)[C@@H](O)[C@H](O)[C@H]2O)[C@H](O)[C@H]1O. The molecule has 0 radical (unpaired) electrons. The molecule has 2 fully saturated rings. The van der Waals surface area contributed by atoms with Gasteiger partial charge in [-0.15, -0.1) is 0 Å². The van der Waals surface area contributed by atoms with E-state index < -0.39 is 80.7 Å². The standard InChI is InChI=1S/C15H30N2O11/c16-1-5(2-17)25-14-12(24)10(22)13(7(4-19)27-14)28-15-11(23)9(21)8(20)6(3-18)26-15/h5-15,18-24H,1-4,16-17H2/t6-,7-,8-,9+,10-,11-,12-,13-,14-,15-/m1/s1. The molecule has 2 saturated heterocycles. The molecule has 0 aromatic rings. The second-order valence-electron chi connectivity index (χ2n) is 6.73. The fourth-order valence-electron chi connectivity index (χ4n) is 3.06. The van der Waals surface area contributed by atoms with E-state index in [1.54, 1.807) is 0 Å². The monoisotopic (exact) mass is 414 g/mol. The predicted octanol–water partition coefficient (Wildman–Crippen LogP) is -6.09. The maximum atomic E-state index is 10.4. The Morgan fingerprint density at radius 3 is 1.79 bits per heavy atom. The maximum absolute atomic E-state index is 10.4. The van der Waals surface area contributed by atoms with Crippen molar-refractivity contribution >= 4 is 0 Å². The number of rotatable bonds is 8. The van der Waals surface area contributed by atoms with Crippen LogP contribution in [-0.4, -0.2) is 130 Å². The summed E-state index contributed by atoms with van der Waals surface area (Å²) in [5.74, 6) is 0. The first-order chi connectivity index (χ1) is 13.3. The number of hydrogen-bond donors (Lipinski definition) is 9. The third-order valence-corrected chi connectivity index (χ3v) is 4.81. The highest BCUT2D eigenvalue weighted by atomic mass is 16.7. The molecular formula is C15H30N2O11. The Kier molecular flexibility index (Phi) is 8.90. The van der Waals surface area contributed by atoms with Crippen molar-refractivity contribution in [3.8, 4) is 0 Å². The summed E-state index contributed by atoms with van der Waals surface area (Å²) in [6.45, 7) is -1.25. The molecule has 2 aliphatic rings. The van der Waals surface area contributed by atoms with Gasteiger partial charge in [-0.2, -0.15) is 0 Å². The summed E-state index contributed by atoms with van der Waals surface area (Å²) in [5, 5.41) is 69.2. The molecule has 0 spiro atoms. The molecule has 2 rings (SSSR count). The van der Waals surface area contributed by atoms with Crippen LogP contribution in [0.2, 0.25) is 0 Å². The Labute approximate surface area is 161 Å². The van der Waals surface area contributed by atoms with Crippen molar-refractivity contribution in [3.05, 3.63) is 0 Å². The fraction of sp³-hybridized carbons (Fsp3) is 1.00. The minimum Gasteiger partial charge on any atom is -0.394 e. The molecular weight excluding hydrogens is 384 g/mol. The summed E-state index contributed by atoms with van der Waals surface area (Å²) >= 11 is 0. The van der Waals surface area contributed by atoms with Crippen LogP contribution in [0.3, 0.4) is 0 Å². The molecule has 0 unspecified atom stereocenters. The highest BCUT2D eigenvalue weighted by Gasteiger charge is 2.50. The molecule has 11 N–H and O–H groups in total. The molecule has 2 aliphatic heterocycles. The molecule has 0 amide bonds. The number of aliphatic hydroxyl groups excluding tert-OH is 7. The van der Waals surface area contributed by atoms with E-state index in [1.807, 2.05) is 0 Å². The third-order valence-electron chi connectivity index (χ3n) is 4.81. The Morgan fingerprint density at radius 1 is 0.714 bits per heavy atom. The van der Waals surface area contributed by atoms with Crippen LogP contribution in [0.5, 0.6) is 0 Å². The summed E-state index contributed by atoms with van der Waals surface area (Å²) in [6, 6.07) is 0. The molecule has 13 nitrogen and oxygen atoms in total. The number of aliphatic hydroxyl groups is 7. The second kappa shape index (κ2) is 10.5. The van der Waals surface area contributed by atoms with Gasteiger partial charge in [0, 0.05) is 13.1 Å². The highest BCUT2D eigenvalue weighted by Crippen LogP contribution is 2.29. The predicted molar refractivity (Wildman–Crippen MR) is 89.4 cm³/mol. The quantitative estimate of drug-likeness (QED) is 0.180. The summed E-state index contributed by atoms with van der Waals surface area (Å²) < 4.78 is 21.5. The van der Waals surface area contributed by atoms with Crippen molar-refractivity contribution in [2.24, 2.45) is 11.5 Å². The highest BCUT2D eigenvalue weighted by molar-refractivity contribution is 4.94. The van der Waals surface area contributed by atoms with E-state index >= 15 is 0 Å². The van der Waals surface area contributed by atoms with Crippen molar-refractivity contribution in [3.63, 3.8) is 0 Å². The van der Waals surface area contributed by atoms with Crippen molar-refractivity contribution in [2.45, 2.75) is 67.5 Å². The van der Waals surface area contributed by atoms with E-state index in [1.165, 1.54) is 0 Å². The first kappa shape index (κ1) is 23.8. The first-order valence-corrected chi connectivity index (χ1v) is 8.93. The van der Waals surface area contributed by atoms with Crippen LogP contribution in [0.4, 0.5) is 0 Å². The van der Waals surface area contributed by atoms with Gasteiger partial charge in [0.15, 0.2) is 12.6 Å². The summed E-state index contributed by atoms with van der Waals surface area (Å²) in [7, 11) is 0. The topological polar surface area (TPSA) is 231 Å². The van der Waals surface area contributed by atoms with Crippen LogP contribution >= 0.6 is 0 Å². The molecule has 28 heavy (non-hydrogen) atoms. The van der Waals surface area contributed by atoms with Crippen LogP contribution in [0.1, 0.15) is 0 Å². The normalized spacial score (nSPS) is 44.8. The van der Waals surface area contributed by atoms with Crippen molar-refractivity contribution in [2.75, 3.05) is 26.3 Å². The molecule has 2 heterocycles. The molecule has 13 heteroatoms. The number of nitrogens with two attached hydrogens (primary N) is 2. The molecule has 166 valence electrons. The third kappa shape index (κ3) is 4.96. The van der Waals surface area contributed by atoms with Gasteiger partial charge in [-0.05, 0) is 0 Å². The van der Waals surface area contributed by atoms with Crippen LogP contribution in [0.25, 0.3) is 0 Å². The van der Waals surface area contributed by atoms with Gasteiger partial charge in [0.05, 0.1) is 19.3 Å². The summed E-state index contributed by atoms with van der Waals surface area (Å²) in [4.78, 5) is 0. The number of ether oxygens (including phenoxy) is 4. The van der Waals surface area contributed by atoms with E-state index in [0.29, 0.717) is 0 Å². The van der Waals surface area contributed by atoms with Gasteiger partial charge in [0.25, 0.3) is 0 Å². The van der Waals surface area contributed by atoms with Gasteiger partial charge in [-0.1, -0.05) is 0 Å². The minimum atomic E-state index is -1.73. The molecule has 10 atom stereocenters. The van der Waals surface area contributed by atoms with Crippen LogP contribution in [-0.2, 0) is 18.9 Å². The fourth-order valence-corrected chi connectivity index (χ4v) is 3.06. The Hall–Kier alpha value is -0.520. The Balaban J connectivity index is 2.10. The molecule has 0 aliphatic carbocycles. The second-order valence-corrected chi connectivity index (χ2v) is 6.73. The van der Waals surface area contributed by atoms with Gasteiger partial charge < -0.3 is 66.2 Å². The van der Waals surface area contributed by atoms with E-state index in [-0.39, 0.29) is 13.1 Å². The van der Waals surface area contributed by atoms with Gasteiger partial charge >= 0.3 is 0 Å². The zero-order valence-corrected chi connectivity index (χ0v) is 15.1. The lowest BCUT2D eigenvalue weighted by Gasteiger charge is -2.46. The minimum absolute atomic E-state index is 0.0355. The van der Waals surface area contributed by atoms with Crippen LogP contribution < -0.4 is 11.5 Å². The lowest BCUT2D eigenvalue weighted by molar-refractivity contribution is -0.362. The smallest absolute Gasteiger partial charge is 0.187 e. The first-order valence-electron chi connectivity index (χ1n) is 8.93. The molecule has 0 saturated carbocycles. The summed E-state index contributed by atoms with van der Waals surface area (Å²) in [5.41, 5.74) is 11.0. The molecule has 0 bridgehead atoms. The van der Waals surface area contributed by atoms with Crippen LogP contribution in [0, 0.1) is 0 Å². The summed E-state index contributed by atoms with van der Waals surface area (Å²) in [6.07, 6.45) is -15.7. The van der Waals surface area contributed by atoms with Crippen LogP contribution in [0.15, 0.2) is 0 Å². The van der Waals surface area contributed by atoms with E-state index in [0.717, 1.165) is 0 Å². The van der Waals surface area contributed by atoms with Gasteiger partial charge in [-0.3, -0.25) is 0 Å². The van der Waals surface area contributed by atoms with E-state index in [4.69, 9.17) is 30.4 Å². The van der Waals surface area contributed by atoms with Crippen molar-refractivity contribution in [1.29, 1.82) is 0 Å². The van der Waals surface area contributed by atoms with Crippen molar-refractivity contribution in [1.82, 2.24) is 0 Å². The Morgan fingerprint density at radius 2 is 1.25 bits per heavy atom. The van der Waals surface area contributed by atoms with Gasteiger partial charge in [-0.25, -0.2) is 0 Å². The number of hydrogen-bond acceptors (Lipinski definition) is 13. The lowest BCUT2D eigenvalue weighted by Crippen LogP contribution is -2.65. The lowest BCUT2D eigenvalue weighted by atomic mass is 9.97. The van der Waals surface area contributed by atoms with Gasteiger partial charge in [0.2, 0.25) is 0 Å². The average molecular weight is 414 g/mol. The average Bonchev–Trinajstić information content (AvgIpc) is 2.70. The largest absolute Gasteiger partial charge is 0.394 e. The van der Waals surface area contributed by atoms with E-state index in [9.17, 15) is 35.7 Å². The van der Waals surface area contributed by atoms with Crippen molar-refractivity contribution < 1.29 is 54.7 Å².